The maximum Gasteiger partial charge on any atom is 0.228 e. The summed E-state index contributed by atoms with van der Waals surface area (Å²) in [6.07, 6.45) is 1.76. The number of amides is 1. The first kappa shape index (κ1) is 15.1. The number of rotatable bonds is 5. The molecule has 0 bridgehead atoms. The Hall–Kier alpha value is -2.27. The molecule has 2 aromatic rings. The summed E-state index contributed by atoms with van der Waals surface area (Å²) in [5, 5.41) is 3.09. The highest BCUT2D eigenvalue weighted by Gasteiger charge is 2.09. The number of nitrogens with zero attached hydrogens (tertiary/aromatic N) is 1. The highest BCUT2D eigenvalue weighted by atomic mass is 35.5. The number of pyridine rings is 1. The number of anilines is 1. The van der Waals surface area contributed by atoms with E-state index >= 15 is 0 Å². The molecule has 0 fully saturated rings. The van der Waals surface area contributed by atoms with Gasteiger partial charge in [0.25, 0.3) is 0 Å². The Labute approximate surface area is 127 Å². The number of halogens is 1. The van der Waals surface area contributed by atoms with Crippen molar-refractivity contribution in [3.8, 4) is 11.5 Å². The van der Waals surface area contributed by atoms with Gasteiger partial charge in [-0.25, -0.2) is 4.98 Å². The van der Waals surface area contributed by atoms with Gasteiger partial charge in [0, 0.05) is 11.9 Å². The summed E-state index contributed by atoms with van der Waals surface area (Å²) in [5.41, 5.74) is 1.44. The maximum atomic E-state index is 12.0. The average molecular weight is 307 g/mol. The number of nitrogens with one attached hydrogen (secondary N) is 1. The number of benzene rings is 1. The molecule has 0 unspecified atom stereocenters. The van der Waals surface area contributed by atoms with Gasteiger partial charge in [-0.2, -0.15) is 0 Å². The lowest BCUT2D eigenvalue weighted by molar-refractivity contribution is -0.115. The molecule has 0 aliphatic carbocycles. The third kappa shape index (κ3) is 4.10. The Kier molecular flexibility index (Phi) is 5.00. The molecule has 0 atom stereocenters. The smallest absolute Gasteiger partial charge is 0.228 e. The molecule has 1 amide bonds. The number of hydrogen-bond donors (Lipinski definition) is 1. The molecule has 110 valence electrons. The van der Waals surface area contributed by atoms with Gasteiger partial charge in [0.2, 0.25) is 5.91 Å². The number of aromatic nitrogens is 1. The molecule has 21 heavy (non-hydrogen) atoms. The van der Waals surface area contributed by atoms with Gasteiger partial charge in [-0.05, 0) is 29.8 Å². The third-order valence-electron chi connectivity index (χ3n) is 2.82. The largest absolute Gasteiger partial charge is 0.493 e. The van der Waals surface area contributed by atoms with Crippen molar-refractivity contribution >= 4 is 23.2 Å². The average Bonchev–Trinajstić information content (AvgIpc) is 2.47. The zero-order valence-electron chi connectivity index (χ0n) is 11.7. The molecular weight excluding hydrogens is 292 g/mol. The van der Waals surface area contributed by atoms with Crippen LogP contribution >= 0.6 is 11.6 Å². The van der Waals surface area contributed by atoms with Gasteiger partial charge in [0.15, 0.2) is 11.5 Å². The maximum absolute atomic E-state index is 12.0. The van der Waals surface area contributed by atoms with E-state index in [-0.39, 0.29) is 12.3 Å². The normalized spacial score (nSPS) is 10.0. The molecule has 1 heterocycles. The Morgan fingerprint density at radius 1 is 1.19 bits per heavy atom. The lowest BCUT2D eigenvalue weighted by Gasteiger charge is -2.10. The minimum Gasteiger partial charge on any atom is -0.493 e. The van der Waals surface area contributed by atoms with E-state index in [9.17, 15) is 4.79 Å². The SMILES string of the molecule is COc1ccc(CC(=O)Nc2ccnc(Cl)c2)cc1OC. The second-order valence-electron chi connectivity index (χ2n) is 4.28. The van der Waals surface area contributed by atoms with Crippen molar-refractivity contribution in [3.05, 3.63) is 47.2 Å². The standard InChI is InChI=1S/C15H15ClN2O3/c1-20-12-4-3-10(7-13(12)21-2)8-15(19)18-11-5-6-17-14(16)9-11/h3-7,9H,8H2,1-2H3,(H,17,18,19). The zero-order chi connectivity index (χ0) is 15.2. The predicted octanol–water partition coefficient (Wildman–Crippen LogP) is 2.93. The molecule has 5 nitrogen and oxygen atoms in total. The molecule has 1 aromatic carbocycles. The first-order valence-corrected chi connectivity index (χ1v) is 6.62. The summed E-state index contributed by atoms with van der Waals surface area (Å²) < 4.78 is 10.4. The van der Waals surface area contributed by atoms with Crippen LogP contribution in [0.4, 0.5) is 5.69 Å². The van der Waals surface area contributed by atoms with Crippen molar-refractivity contribution in [1.29, 1.82) is 0 Å². The van der Waals surface area contributed by atoms with Crippen LogP contribution in [0, 0.1) is 0 Å². The summed E-state index contributed by atoms with van der Waals surface area (Å²) in [6.45, 7) is 0. The van der Waals surface area contributed by atoms with Gasteiger partial charge in [0.05, 0.1) is 20.6 Å². The second kappa shape index (κ2) is 6.95. The number of carbonyl (C=O) groups excluding carboxylic acids is 1. The van der Waals surface area contributed by atoms with Crippen molar-refractivity contribution in [2.75, 3.05) is 19.5 Å². The molecule has 6 heteroatoms. The number of ether oxygens (including phenoxy) is 2. The summed E-state index contributed by atoms with van der Waals surface area (Å²) in [5.74, 6) is 1.07. The number of hydrogen-bond acceptors (Lipinski definition) is 4. The topological polar surface area (TPSA) is 60.5 Å². The molecule has 1 aromatic heterocycles. The first-order valence-electron chi connectivity index (χ1n) is 6.24. The van der Waals surface area contributed by atoms with Crippen LogP contribution in [0.1, 0.15) is 5.56 Å². The quantitative estimate of drug-likeness (QED) is 0.863. The van der Waals surface area contributed by atoms with Crippen molar-refractivity contribution < 1.29 is 14.3 Å². The van der Waals surface area contributed by atoms with Gasteiger partial charge in [0.1, 0.15) is 5.15 Å². The van der Waals surface area contributed by atoms with Crippen molar-refractivity contribution in [3.63, 3.8) is 0 Å². The van der Waals surface area contributed by atoms with Gasteiger partial charge < -0.3 is 14.8 Å². The highest BCUT2D eigenvalue weighted by Crippen LogP contribution is 2.27. The fourth-order valence-corrected chi connectivity index (χ4v) is 2.04. The van der Waals surface area contributed by atoms with Gasteiger partial charge in [-0.15, -0.1) is 0 Å². The van der Waals surface area contributed by atoms with Crippen LogP contribution in [-0.2, 0) is 11.2 Å². The monoisotopic (exact) mass is 306 g/mol. The van der Waals surface area contributed by atoms with Crippen LogP contribution in [0.5, 0.6) is 11.5 Å². The van der Waals surface area contributed by atoms with Crippen LogP contribution in [0.25, 0.3) is 0 Å². The van der Waals surface area contributed by atoms with Gasteiger partial charge in [-0.1, -0.05) is 17.7 Å². The van der Waals surface area contributed by atoms with Crippen LogP contribution < -0.4 is 14.8 Å². The Balaban J connectivity index is 2.06. The van der Waals surface area contributed by atoms with Crippen LogP contribution in [0.3, 0.4) is 0 Å². The van der Waals surface area contributed by atoms with E-state index in [1.54, 1.807) is 38.5 Å². The number of carbonyl (C=O) groups is 1. The molecule has 0 aliphatic rings. The Bertz CT molecular complexity index is 647. The summed E-state index contributed by atoms with van der Waals surface area (Å²) in [4.78, 5) is 15.9. The van der Waals surface area contributed by atoms with E-state index in [4.69, 9.17) is 21.1 Å². The zero-order valence-corrected chi connectivity index (χ0v) is 12.5. The van der Waals surface area contributed by atoms with Crippen molar-refractivity contribution in [2.24, 2.45) is 0 Å². The molecule has 2 rings (SSSR count). The molecule has 0 radical (unpaired) electrons. The van der Waals surface area contributed by atoms with Crippen molar-refractivity contribution in [2.45, 2.75) is 6.42 Å². The molecule has 0 saturated heterocycles. The summed E-state index contributed by atoms with van der Waals surface area (Å²) in [7, 11) is 3.12. The predicted molar refractivity (Wildman–Crippen MR) is 81.1 cm³/mol. The molecule has 0 aliphatic heterocycles. The van der Waals surface area contributed by atoms with E-state index in [2.05, 4.69) is 10.3 Å². The molecular formula is C15H15ClN2O3. The molecule has 0 saturated carbocycles. The minimum atomic E-state index is -0.149. The lowest BCUT2D eigenvalue weighted by atomic mass is 10.1. The van der Waals surface area contributed by atoms with Crippen LogP contribution in [0.15, 0.2) is 36.5 Å². The summed E-state index contributed by atoms with van der Waals surface area (Å²) >= 11 is 5.77. The lowest BCUT2D eigenvalue weighted by Crippen LogP contribution is -2.14. The molecule has 0 spiro atoms. The Morgan fingerprint density at radius 3 is 2.62 bits per heavy atom. The van der Waals surface area contributed by atoms with Crippen LogP contribution in [-0.4, -0.2) is 25.1 Å². The fraction of sp³-hybridized carbons (Fsp3) is 0.200. The van der Waals surface area contributed by atoms with Crippen molar-refractivity contribution in [1.82, 2.24) is 4.98 Å². The number of methoxy groups -OCH3 is 2. The summed E-state index contributed by atoms with van der Waals surface area (Å²) in [6, 6.07) is 8.63. The Morgan fingerprint density at radius 2 is 1.95 bits per heavy atom. The highest BCUT2D eigenvalue weighted by molar-refractivity contribution is 6.29. The van der Waals surface area contributed by atoms with E-state index < -0.39 is 0 Å². The van der Waals surface area contributed by atoms with Gasteiger partial charge in [-0.3, -0.25) is 4.79 Å². The van der Waals surface area contributed by atoms with E-state index in [0.29, 0.717) is 22.3 Å². The third-order valence-corrected chi connectivity index (χ3v) is 3.03. The fourth-order valence-electron chi connectivity index (χ4n) is 1.86. The minimum absolute atomic E-state index is 0.149. The second-order valence-corrected chi connectivity index (χ2v) is 4.67. The van der Waals surface area contributed by atoms with Gasteiger partial charge >= 0.3 is 0 Å². The van der Waals surface area contributed by atoms with E-state index in [1.807, 2.05) is 6.07 Å². The van der Waals surface area contributed by atoms with E-state index in [0.717, 1.165) is 5.56 Å². The first-order chi connectivity index (χ1) is 10.1. The van der Waals surface area contributed by atoms with E-state index in [1.165, 1.54) is 6.20 Å². The van der Waals surface area contributed by atoms with Crippen LogP contribution in [0.2, 0.25) is 5.15 Å². The molecule has 1 N–H and O–H groups in total.